The first-order valence-electron chi connectivity index (χ1n) is 9.03. The predicted octanol–water partition coefficient (Wildman–Crippen LogP) is 3.98. The highest BCUT2D eigenvalue weighted by molar-refractivity contribution is 4.82. The van der Waals surface area contributed by atoms with Crippen molar-refractivity contribution in [3.8, 4) is 0 Å². The van der Waals surface area contributed by atoms with E-state index in [-0.39, 0.29) is 0 Å². The van der Waals surface area contributed by atoms with E-state index >= 15 is 0 Å². The van der Waals surface area contributed by atoms with Crippen molar-refractivity contribution in [2.45, 2.75) is 77.7 Å². The molecule has 20 heavy (non-hydrogen) atoms. The van der Waals surface area contributed by atoms with Gasteiger partial charge in [0.1, 0.15) is 0 Å². The lowest BCUT2D eigenvalue weighted by molar-refractivity contribution is 0.127. The quantitative estimate of drug-likeness (QED) is 0.772. The van der Waals surface area contributed by atoms with Crippen molar-refractivity contribution in [3.05, 3.63) is 0 Å². The SMILES string of the molecule is CC(C)CC1CCCC(NCC2CCCCC2CO)C1. The van der Waals surface area contributed by atoms with E-state index in [0.717, 1.165) is 30.3 Å². The van der Waals surface area contributed by atoms with E-state index in [4.69, 9.17) is 0 Å². The molecule has 0 saturated heterocycles. The maximum Gasteiger partial charge on any atom is 0.0462 e. The van der Waals surface area contributed by atoms with E-state index < -0.39 is 0 Å². The van der Waals surface area contributed by atoms with Crippen LogP contribution in [-0.2, 0) is 0 Å². The molecule has 0 heterocycles. The van der Waals surface area contributed by atoms with E-state index in [1.807, 2.05) is 0 Å². The Labute approximate surface area is 125 Å². The number of hydrogen-bond acceptors (Lipinski definition) is 2. The van der Waals surface area contributed by atoms with Gasteiger partial charge in [-0.15, -0.1) is 0 Å². The maximum absolute atomic E-state index is 9.51. The van der Waals surface area contributed by atoms with E-state index in [0.29, 0.717) is 12.5 Å². The molecule has 0 spiro atoms. The van der Waals surface area contributed by atoms with Crippen LogP contribution in [-0.4, -0.2) is 24.3 Å². The topological polar surface area (TPSA) is 32.3 Å². The van der Waals surface area contributed by atoms with Gasteiger partial charge in [-0.2, -0.15) is 0 Å². The highest BCUT2D eigenvalue weighted by atomic mass is 16.3. The third kappa shape index (κ3) is 5.04. The minimum atomic E-state index is 0.396. The predicted molar refractivity (Wildman–Crippen MR) is 85.7 cm³/mol. The Hall–Kier alpha value is -0.0800. The van der Waals surface area contributed by atoms with Gasteiger partial charge in [0.25, 0.3) is 0 Å². The molecule has 2 rings (SSSR count). The molecule has 2 aliphatic rings. The van der Waals surface area contributed by atoms with Gasteiger partial charge in [-0.3, -0.25) is 0 Å². The van der Waals surface area contributed by atoms with Crippen molar-refractivity contribution in [2.24, 2.45) is 23.7 Å². The summed E-state index contributed by atoms with van der Waals surface area (Å²) in [5.41, 5.74) is 0. The van der Waals surface area contributed by atoms with Crippen molar-refractivity contribution < 1.29 is 5.11 Å². The minimum absolute atomic E-state index is 0.396. The van der Waals surface area contributed by atoms with Gasteiger partial charge < -0.3 is 10.4 Å². The molecular weight excluding hydrogens is 246 g/mol. The van der Waals surface area contributed by atoms with Gasteiger partial charge in [0.15, 0.2) is 0 Å². The average molecular weight is 281 g/mol. The van der Waals surface area contributed by atoms with E-state index in [9.17, 15) is 5.11 Å². The molecular formula is C18H35NO. The van der Waals surface area contributed by atoms with Gasteiger partial charge >= 0.3 is 0 Å². The maximum atomic E-state index is 9.51. The molecule has 0 radical (unpaired) electrons. The summed E-state index contributed by atoms with van der Waals surface area (Å²) in [6.45, 7) is 6.24. The smallest absolute Gasteiger partial charge is 0.0462 e. The molecule has 0 aromatic rings. The van der Waals surface area contributed by atoms with Crippen LogP contribution >= 0.6 is 0 Å². The largest absolute Gasteiger partial charge is 0.396 e. The molecule has 2 aliphatic carbocycles. The Bertz CT molecular complexity index is 266. The monoisotopic (exact) mass is 281 g/mol. The summed E-state index contributed by atoms with van der Waals surface area (Å²) in [6, 6.07) is 0.744. The molecule has 0 aliphatic heterocycles. The van der Waals surface area contributed by atoms with Crippen LogP contribution in [0, 0.1) is 23.7 Å². The first-order chi connectivity index (χ1) is 9.69. The summed E-state index contributed by atoms with van der Waals surface area (Å²) >= 11 is 0. The Balaban J connectivity index is 1.72. The van der Waals surface area contributed by atoms with Crippen molar-refractivity contribution in [1.29, 1.82) is 0 Å². The highest BCUT2D eigenvalue weighted by Gasteiger charge is 2.27. The molecule has 2 N–H and O–H groups in total. The summed E-state index contributed by atoms with van der Waals surface area (Å²) < 4.78 is 0. The zero-order valence-electron chi connectivity index (χ0n) is 13.6. The number of aliphatic hydroxyl groups excluding tert-OH is 1. The molecule has 0 bridgehead atoms. The molecule has 0 amide bonds. The Morgan fingerprint density at radius 3 is 2.45 bits per heavy atom. The molecule has 0 aromatic heterocycles. The molecule has 0 aromatic carbocycles. The number of rotatable bonds is 6. The molecule has 4 atom stereocenters. The van der Waals surface area contributed by atoms with Crippen LogP contribution in [0.2, 0.25) is 0 Å². The van der Waals surface area contributed by atoms with Crippen LogP contribution < -0.4 is 5.32 Å². The minimum Gasteiger partial charge on any atom is -0.396 e. The van der Waals surface area contributed by atoms with Crippen LogP contribution in [0.3, 0.4) is 0 Å². The highest BCUT2D eigenvalue weighted by Crippen LogP contribution is 2.31. The third-order valence-corrected chi connectivity index (χ3v) is 5.56. The normalized spacial score (nSPS) is 35.4. The van der Waals surface area contributed by atoms with Crippen molar-refractivity contribution in [1.82, 2.24) is 5.32 Å². The summed E-state index contributed by atoms with van der Waals surface area (Å²) in [4.78, 5) is 0. The third-order valence-electron chi connectivity index (χ3n) is 5.56. The Morgan fingerprint density at radius 1 is 1.00 bits per heavy atom. The van der Waals surface area contributed by atoms with Gasteiger partial charge in [0, 0.05) is 12.6 Å². The zero-order chi connectivity index (χ0) is 14.4. The fourth-order valence-electron chi connectivity index (χ4n) is 4.47. The molecule has 118 valence electrons. The zero-order valence-corrected chi connectivity index (χ0v) is 13.6. The lowest BCUT2D eigenvalue weighted by Crippen LogP contribution is -2.40. The summed E-state index contributed by atoms with van der Waals surface area (Å²) in [7, 11) is 0. The molecule has 4 unspecified atom stereocenters. The van der Waals surface area contributed by atoms with Gasteiger partial charge in [-0.1, -0.05) is 39.5 Å². The number of aliphatic hydroxyl groups is 1. The lowest BCUT2D eigenvalue weighted by atomic mass is 9.78. The van der Waals surface area contributed by atoms with E-state index in [1.165, 1.54) is 57.8 Å². The van der Waals surface area contributed by atoms with Gasteiger partial charge in [-0.05, 0) is 62.3 Å². The van der Waals surface area contributed by atoms with Gasteiger partial charge in [0.2, 0.25) is 0 Å². The average Bonchev–Trinajstić information content (AvgIpc) is 2.45. The number of nitrogens with one attached hydrogen (secondary N) is 1. The van der Waals surface area contributed by atoms with Crippen molar-refractivity contribution in [3.63, 3.8) is 0 Å². The fraction of sp³-hybridized carbons (Fsp3) is 1.00. The summed E-state index contributed by atoms with van der Waals surface area (Å²) in [6.07, 6.45) is 12.2. The second-order valence-corrected chi connectivity index (χ2v) is 7.75. The molecule has 2 nitrogen and oxygen atoms in total. The standard InChI is InChI=1S/C18H35NO/c1-14(2)10-15-6-5-9-18(11-15)19-12-16-7-3-4-8-17(16)13-20/h14-20H,3-13H2,1-2H3. The second kappa shape index (κ2) is 8.38. The van der Waals surface area contributed by atoms with E-state index in [1.54, 1.807) is 0 Å². The van der Waals surface area contributed by atoms with Crippen LogP contribution in [0.15, 0.2) is 0 Å². The van der Waals surface area contributed by atoms with Crippen LogP contribution in [0.1, 0.15) is 71.6 Å². The van der Waals surface area contributed by atoms with Crippen LogP contribution in [0.4, 0.5) is 0 Å². The molecule has 2 fully saturated rings. The van der Waals surface area contributed by atoms with Crippen LogP contribution in [0.5, 0.6) is 0 Å². The number of hydrogen-bond donors (Lipinski definition) is 2. The fourth-order valence-corrected chi connectivity index (χ4v) is 4.47. The Morgan fingerprint density at radius 2 is 1.75 bits per heavy atom. The van der Waals surface area contributed by atoms with Crippen LogP contribution in [0.25, 0.3) is 0 Å². The second-order valence-electron chi connectivity index (χ2n) is 7.75. The van der Waals surface area contributed by atoms with Crippen molar-refractivity contribution >= 4 is 0 Å². The summed E-state index contributed by atoms with van der Waals surface area (Å²) in [5, 5.41) is 13.4. The van der Waals surface area contributed by atoms with Crippen molar-refractivity contribution in [2.75, 3.05) is 13.2 Å². The van der Waals surface area contributed by atoms with Gasteiger partial charge in [0.05, 0.1) is 0 Å². The Kier molecular flexibility index (Phi) is 6.83. The van der Waals surface area contributed by atoms with E-state index in [2.05, 4.69) is 19.2 Å². The molecule has 2 saturated carbocycles. The lowest BCUT2D eigenvalue weighted by Gasteiger charge is -2.35. The summed E-state index contributed by atoms with van der Waals surface area (Å²) in [5.74, 6) is 3.07. The first-order valence-corrected chi connectivity index (χ1v) is 9.03. The van der Waals surface area contributed by atoms with Gasteiger partial charge in [-0.25, -0.2) is 0 Å². The molecule has 2 heteroatoms. The first kappa shape index (κ1) is 16.3.